The van der Waals surface area contributed by atoms with E-state index in [2.05, 4.69) is 17.0 Å². The van der Waals surface area contributed by atoms with Gasteiger partial charge in [0.2, 0.25) is 0 Å². The van der Waals surface area contributed by atoms with E-state index in [1.807, 2.05) is 66.7 Å². The van der Waals surface area contributed by atoms with E-state index in [1.165, 1.54) is 18.5 Å². The summed E-state index contributed by atoms with van der Waals surface area (Å²) in [5.41, 5.74) is 5.48. The third-order valence-corrected chi connectivity index (χ3v) is 5.80. The summed E-state index contributed by atoms with van der Waals surface area (Å²) in [7, 11) is 0. The van der Waals surface area contributed by atoms with E-state index in [1.54, 1.807) is 0 Å². The minimum atomic E-state index is 0.508. The number of hydrogen-bond donors (Lipinski definition) is 0. The van der Waals surface area contributed by atoms with Gasteiger partial charge < -0.3 is 9.64 Å². The normalized spacial score (nSPS) is 13.5. The minimum Gasteiger partial charge on any atom is -0.489 e. The quantitative estimate of drug-likeness (QED) is 0.373. The molecule has 154 valence electrons. The van der Waals surface area contributed by atoms with Gasteiger partial charge in [-0.1, -0.05) is 42.5 Å². The molecule has 1 fully saturated rings. The van der Waals surface area contributed by atoms with Crippen LogP contribution in [0.25, 0.3) is 22.2 Å². The lowest BCUT2D eigenvalue weighted by Gasteiger charge is -2.18. The van der Waals surface area contributed by atoms with Crippen LogP contribution in [0.15, 0.2) is 78.9 Å². The first kappa shape index (κ1) is 19.3. The van der Waals surface area contributed by atoms with E-state index in [-0.39, 0.29) is 0 Å². The predicted octanol–water partition coefficient (Wildman–Crippen LogP) is 5.89. The van der Waals surface area contributed by atoms with Gasteiger partial charge >= 0.3 is 0 Å². The van der Waals surface area contributed by atoms with Crippen LogP contribution in [0.4, 0.5) is 5.69 Å². The summed E-state index contributed by atoms with van der Waals surface area (Å²) in [6.07, 6.45) is 3.37. The summed E-state index contributed by atoms with van der Waals surface area (Å²) in [5, 5.41) is 0.902. The van der Waals surface area contributed by atoms with Crippen LogP contribution in [0, 0.1) is 0 Å². The topological polar surface area (TPSA) is 42.4 Å². The zero-order valence-electron chi connectivity index (χ0n) is 17.3. The minimum absolute atomic E-state index is 0.508. The fraction of sp³-hybridized carbons (Fsp3) is 0.185. The van der Waals surface area contributed by atoms with E-state index in [4.69, 9.17) is 9.72 Å². The second kappa shape index (κ2) is 8.60. The van der Waals surface area contributed by atoms with Gasteiger partial charge in [0.25, 0.3) is 0 Å². The number of pyridine rings is 1. The van der Waals surface area contributed by atoms with Crippen LogP contribution in [0.2, 0.25) is 0 Å². The molecular formula is C27H24N2O2. The molecular weight excluding hydrogens is 384 g/mol. The van der Waals surface area contributed by atoms with E-state index in [0.717, 1.165) is 52.8 Å². The van der Waals surface area contributed by atoms with Gasteiger partial charge in [-0.3, -0.25) is 4.79 Å². The Morgan fingerprint density at radius 3 is 2.55 bits per heavy atom. The highest BCUT2D eigenvalue weighted by Gasteiger charge is 2.15. The number of nitrogens with zero attached hydrogens (tertiary/aromatic N) is 2. The lowest BCUT2D eigenvalue weighted by Crippen LogP contribution is -2.17. The third-order valence-electron chi connectivity index (χ3n) is 5.80. The molecule has 0 amide bonds. The zero-order valence-corrected chi connectivity index (χ0v) is 17.3. The Hall–Kier alpha value is -3.66. The largest absolute Gasteiger partial charge is 0.489 e. The predicted molar refractivity (Wildman–Crippen MR) is 125 cm³/mol. The second-order valence-corrected chi connectivity index (χ2v) is 7.91. The fourth-order valence-corrected chi connectivity index (χ4v) is 4.14. The first-order valence-electron chi connectivity index (χ1n) is 10.7. The monoisotopic (exact) mass is 408 g/mol. The molecule has 0 saturated carbocycles. The highest BCUT2D eigenvalue weighted by atomic mass is 16.5. The molecule has 1 aliphatic heterocycles. The number of rotatable bonds is 6. The van der Waals surface area contributed by atoms with Crippen LogP contribution in [0.5, 0.6) is 5.75 Å². The standard InChI is InChI=1S/C27H24N2O2/c30-18-22-16-27(28-26-12-11-23(17-25(22)26)29-13-4-5-14-29)21-9-6-10-24(15-21)31-19-20-7-2-1-3-8-20/h1-3,6-12,15-18H,4-5,13-14,19H2. The third kappa shape index (κ3) is 4.15. The summed E-state index contributed by atoms with van der Waals surface area (Å²) in [4.78, 5) is 19.1. The van der Waals surface area contributed by atoms with Gasteiger partial charge in [0, 0.05) is 35.3 Å². The SMILES string of the molecule is O=Cc1cc(-c2cccc(OCc3ccccc3)c2)nc2ccc(N3CCCC3)cc12. The van der Waals surface area contributed by atoms with Gasteiger partial charge in [0.1, 0.15) is 12.4 Å². The molecule has 0 N–H and O–H groups in total. The van der Waals surface area contributed by atoms with E-state index in [9.17, 15) is 4.79 Å². The number of benzene rings is 3. The maximum absolute atomic E-state index is 11.9. The van der Waals surface area contributed by atoms with E-state index < -0.39 is 0 Å². The molecule has 3 aromatic carbocycles. The fourth-order valence-electron chi connectivity index (χ4n) is 4.14. The molecule has 31 heavy (non-hydrogen) atoms. The van der Waals surface area contributed by atoms with Crippen LogP contribution in [0.3, 0.4) is 0 Å². The molecule has 1 saturated heterocycles. The zero-order chi connectivity index (χ0) is 21.0. The van der Waals surface area contributed by atoms with Crippen molar-refractivity contribution in [2.45, 2.75) is 19.4 Å². The van der Waals surface area contributed by atoms with Crippen molar-refractivity contribution in [3.05, 3.63) is 90.0 Å². The van der Waals surface area contributed by atoms with Crippen molar-refractivity contribution >= 4 is 22.9 Å². The average Bonchev–Trinajstić information content (AvgIpc) is 3.38. The maximum atomic E-state index is 11.9. The Morgan fingerprint density at radius 1 is 0.903 bits per heavy atom. The number of carbonyl (C=O) groups is 1. The number of fused-ring (bicyclic) bond motifs is 1. The number of carbonyl (C=O) groups excluding carboxylic acids is 1. The van der Waals surface area contributed by atoms with Crippen molar-refractivity contribution in [1.82, 2.24) is 4.98 Å². The molecule has 4 nitrogen and oxygen atoms in total. The Bertz CT molecular complexity index is 1210. The number of aldehydes is 1. The maximum Gasteiger partial charge on any atom is 0.150 e. The Balaban J connectivity index is 1.45. The molecule has 1 aliphatic rings. The molecule has 0 bridgehead atoms. The molecule has 0 aliphatic carbocycles. The summed E-state index contributed by atoms with van der Waals surface area (Å²) in [5.74, 6) is 0.778. The summed E-state index contributed by atoms with van der Waals surface area (Å²) < 4.78 is 5.97. The Morgan fingerprint density at radius 2 is 1.74 bits per heavy atom. The van der Waals surface area contributed by atoms with Gasteiger partial charge in [0.15, 0.2) is 6.29 Å². The number of anilines is 1. The van der Waals surface area contributed by atoms with Crippen molar-refractivity contribution in [3.8, 4) is 17.0 Å². The van der Waals surface area contributed by atoms with Gasteiger partial charge in [0.05, 0.1) is 11.2 Å². The highest BCUT2D eigenvalue weighted by Crippen LogP contribution is 2.30. The summed E-state index contributed by atoms with van der Waals surface area (Å²) >= 11 is 0. The van der Waals surface area contributed by atoms with Gasteiger partial charge in [-0.15, -0.1) is 0 Å². The Kier molecular flexibility index (Phi) is 5.36. The lowest BCUT2D eigenvalue weighted by atomic mass is 10.0. The molecule has 0 radical (unpaired) electrons. The molecule has 1 aromatic heterocycles. The van der Waals surface area contributed by atoms with Crippen molar-refractivity contribution in [2.24, 2.45) is 0 Å². The number of hydrogen-bond acceptors (Lipinski definition) is 4. The van der Waals surface area contributed by atoms with Crippen molar-refractivity contribution in [3.63, 3.8) is 0 Å². The molecule has 0 unspecified atom stereocenters. The lowest BCUT2D eigenvalue weighted by molar-refractivity contribution is 0.112. The van der Waals surface area contributed by atoms with Crippen LogP contribution in [0.1, 0.15) is 28.8 Å². The average molecular weight is 409 g/mol. The molecule has 5 rings (SSSR count). The van der Waals surface area contributed by atoms with Crippen LogP contribution in [-0.4, -0.2) is 24.4 Å². The van der Waals surface area contributed by atoms with Crippen LogP contribution < -0.4 is 9.64 Å². The van der Waals surface area contributed by atoms with Gasteiger partial charge in [-0.2, -0.15) is 0 Å². The van der Waals surface area contributed by atoms with Gasteiger partial charge in [-0.05, 0) is 54.8 Å². The molecule has 2 heterocycles. The van der Waals surface area contributed by atoms with E-state index >= 15 is 0 Å². The van der Waals surface area contributed by atoms with Crippen molar-refractivity contribution in [2.75, 3.05) is 18.0 Å². The van der Waals surface area contributed by atoms with Crippen LogP contribution >= 0.6 is 0 Å². The molecule has 0 spiro atoms. The van der Waals surface area contributed by atoms with Crippen molar-refractivity contribution in [1.29, 1.82) is 0 Å². The summed E-state index contributed by atoms with van der Waals surface area (Å²) in [6, 6.07) is 26.1. The summed E-state index contributed by atoms with van der Waals surface area (Å²) in [6.45, 7) is 2.65. The highest BCUT2D eigenvalue weighted by molar-refractivity contribution is 5.99. The van der Waals surface area contributed by atoms with Gasteiger partial charge in [-0.25, -0.2) is 4.98 Å². The first-order chi connectivity index (χ1) is 15.3. The first-order valence-corrected chi connectivity index (χ1v) is 10.7. The number of aromatic nitrogens is 1. The van der Waals surface area contributed by atoms with Crippen molar-refractivity contribution < 1.29 is 9.53 Å². The number of ether oxygens (including phenoxy) is 1. The smallest absolute Gasteiger partial charge is 0.150 e. The van der Waals surface area contributed by atoms with Crippen LogP contribution in [-0.2, 0) is 6.61 Å². The van der Waals surface area contributed by atoms with E-state index in [0.29, 0.717) is 12.2 Å². The molecule has 0 atom stereocenters. The Labute approximate surface area is 182 Å². The second-order valence-electron chi connectivity index (χ2n) is 7.91. The molecule has 4 aromatic rings. The molecule has 4 heteroatoms.